The third-order valence-corrected chi connectivity index (χ3v) is 2.64. The second-order valence-corrected chi connectivity index (χ2v) is 3.62. The molecule has 1 aromatic heterocycles. The summed E-state index contributed by atoms with van der Waals surface area (Å²) in [7, 11) is 0.899. The van der Waals surface area contributed by atoms with Crippen LogP contribution in [-0.4, -0.2) is 4.98 Å². The van der Waals surface area contributed by atoms with Crippen molar-refractivity contribution in [2.24, 2.45) is 0 Å². The molecule has 0 radical (unpaired) electrons. The summed E-state index contributed by atoms with van der Waals surface area (Å²) in [6.07, 6.45) is -3.68. The molecule has 0 atom stereocenters. The van der Waals surface area contributed by atoms with Gasteiger partial charge in [0.1, 0.15) is 5.03 Å². The van der Waals surface area contributed by atoms with Crippen molar-refractivity contribution >= 4 is 34.1 Å². The summed E-state index contributed by atoms with van der Waals surface area (Å²) < 4.78 is 36.2. The molecule has 0 saturated heterocycles. The molecule has 0 spiro atoms. The van der Waals surface area contributed by atoms with Gasteiger partial charge in [-0.15, -0.1) is 11.7 Å². The second-order valence-electron chi connectivity index (χ2n) is 2.10. The molecular weight excluding hydrogens is 243 g/mol. The van der Waals surface area contributed by atoms with Crippen LogP contribution in [0.2, 0.25) is 5.02 Å². The van der Waals surface area contributed by atoms with E-state index in [1.54, 1.807) is 0 Å². The molecule has 1 aromatic rings. The largest absolute Gasteiger partial charge is 0.417 e. The van der Waals surface area contributed by atoms with Gasteiger partial charge in [0, 0.05) is 6.20 Å². The van der Waals surface area contributed by atoms with Crippen molar-refractivity contribution in [3.63, 3.8) is 0 Å². The lowest BCUT2D eigenvalue weighted by atomic mass is 10.3. The summed E-state index contributed by atoms with van der Waals surface area (Å²) in [4.78, 5) is 3.50. The Morgan fingerprint density at radius 3 is 2.46 bits per heavy atom. The van der Waals surface area contributed by atoms with Crippen molar-refractivity contribution in [2.45, 2.75) is 11.2 Å². The van der Waals surface area contributed by atoms with E-state index in [0.29, 0.717) is 0 Å². The van der Waals surface area contributed by atoms with Crippen molar-refractivity contribution in [3.05, 3.63) is 22.8 Å². The van der Waals surface area contributed by atoms with E-state index < -0.39 is 11.7 Å². The van der Waals surface area contributed by atoms with Gasteiger partial charge < -0.3 is 0 Å². The Labute approximate surface area is 86.5 Å². The molecular formula is C6H3ClF3NS2. The number of halogens is 4. The third kappa shape index (κ3) is 2.69. The van der Waals surface area contributed by atoms with E-state index in [4.69, 9.17) is 11.6 Å². The van der Waals surface area contributed by atoms with Gasteiger partial charge >= 0.3 is 6.18 Å². The van der Waals surface area contributed by atoms with Crippen LogP contribution in [0.25, 0.3) is 0 Å². The first-order valence-electron chi connectivity index (χ1n) is 2.99. The number of pyridine rings is 1. The van der Waals surface area contributed by atoms with E-state index in [2.05, 4.69) is 16.6 Å². The van der Waals surface area contributed by atoms with E-state index in [0.717, 1.165) is 23.1 Å². The van der Waals surface area contributed by atoms with Crippen LogP contribution in [0.5, 0.6) is 0 Å². The van der Waals surface area contributed by atoms with Gasteiger partial charge in [-0.3, -0.25) is 0 Å². The van der Waals surface area contributed by atoms with Crippen LogP contribution in [0.4, 0.5) is 13.2 Å². The van der Waals surface area contributed by atoms with E-state index in [1.165, 1.54) is 0 Å². The molecule has 7 heteroatoms. The highest BCUT2D eigenvalue weighted by Crippen LogP contribution is 2.34. The fraction of sp³-hybridized carbons (Fsp3) is 0.167. The third-order valence-electron chi connectivity index (χ3n) is 1.22. The van der Waals surface area contributed by atoms with Gasteiger partial charge in [-0.05, 0) is 16.9 Å². The van der Waals surface area contributed by atoms with Crippen molar-refractivity contribution in [1.82, 2.24) is 4.98 Å². The molecule has 0 N–H and O–H groups in total. The van der Waals surface area contributed by atoms with E-state index >= 15 is 0 Å². The molecule has 0 aliphatic rings. The summed E-state index contributed by atoms with van der Waals surface area (Å²) in [5, 5.41) is 0.216. The monoisotopic (exact) mass is 245 g/mol. The molecule has 0 fully saturated rings. The van der Waals surface area contributed by atoms with Gasteiger partial charge in [-0.1, -0.05) is 11.6 Å². The molecule has 1 rings (SSSR count). The van der Waals surface area contributed by atoms with Crippen LogP contribution in [0, 0.1) is 0 Å². The Kier molecular flexibility index (Phi) is 3.37. The average molecular weight is 246 g/mol. The number of hydrogen-bond donors (Lipinski definition) is 1. The lowest BCUT2D eigenvalue weighted by molar-refractivity contribution is -0.137. The van der Waals surface area contributed by atoms with Crippen LogP contribution in [0.3, 0.4) is 0 Å². The van der Waals surface area contributed by atoms with Crippen molar-refractivity contribution in [3.8, 4) is 0 Å². The Bertz CT molecular complexity index is 315. The Hall–Kier alpha value is -0.0700. The first kappa shape index (κ1) is 11.0. The number of thiol groups is 1. The molecule has 1 heterocycles. The van der Waals surface area contributed by atoms with Crippen LogP contribution in [-0.2, 0) is 6.18 Å². The summed E-state index contributed by atoms with van der Waals surface area (Å²) in [6.45, 7) is 0. The summed E-state index contributed by atoms with van der Waals surface area (Å²) in [5.74, 6) is 0. The number of nitrogens with zero attached hydrogens (tertiary/aromatic N) is 1. The average Bonchev–Trinajstić information content (AvgIpc) is 2.02. The predicted octanol–water partition coefficient (Wildman–Crippen LogP) is 3.69. The van der Waals surface area contributed by atoms with E-state index in [-0.39, 0.29) is 10.0 Å². The molecule has 0 aromatic carbocycles. The fourth-order valence-corrected chi connectivity index (χ4v) is 1.77. The minimum Gasteiger partial charge on any atom is -0.247 e. The maximum Gasteiger partial charge on any atom is 0.417 e. The lowest BCUT2D eigenvalue weighted by Crippen LogP contribution is -2.05. The zero-order valence-electron chi connectivity index (χ0n) is 5.97. The van der Waals surface area contributed by atoms with Crippen molar-refractivity contribution < 1.29 is 13.2 Å². The molecule has 0 saturated carbocycles. The summed E-state index contributed by atoms with van der Waals surface area (Å²) in [6, 6.07) is 0.826. The standard InChI is InChI=1S/C6H3ClF3NS2/c7-4-1-3(6(8,9)10)2-11-5(4)13-12/h1-2,12H. The van der Waals surface area contributed by atoms with Gasteiger partial charge in [-0.25, -0.2) is 4.98 Å². The molecule has 0 unspecified atom stereocenters. The molecule has 0 amide bonds. The van der Waals surface area contributed by atoms with Gasteiger partial charge in [-0.2, -0.15) is 13.2 Å². The van der Waals surface area contributed by atoms with E-state index in [9.17, 15) is 13.2 Å². The van der Waals surface area contributed by atoms with Gasteiger partial charge in [0.25, 0.3) is 0 Å². The molecule has 0 aliphatic carbocycles. The summed E-state index contributed by atoms with van der Waals surface area (Å²) in [5.41, 5.74) is -0.858. The highest BCUT2D eigenvalue weighted by molar-refractivity contribution is 8.68. The quantitative estimate of drug-likeness (QED) is 0.599. The topological polar surface area (TPSA) is 12.9 Å². The van der Waals surface area contributed by atoms with Gasteiger partial charge in [0.05, 0.1) is 10.6 Å². The minimum atomic E-state index is -4.41. The maximum absolute atomic E-state index is 12.1. The Morgan fingerprint density at radius 1 is 1.46 bits per heavy atom. The molecule has 0 aliphatic heterocycles. The minimum absolute atomic E-state index is 0.0465. The number of aromatic nitrogens is 1. The lowest BCUT2D eigenvalue weighted by Gasteiger charge is -2.06. The zero-order chi connectivity index (χ0) is 10.1. The number of hydrogen-bond acceptors (Lipinski definition) is 3. The molecule has 72 valence electrons. The SMILES string of the molecule is FC(F)(F)c1cnc(SS)c(Cl)c1. The Morgan fingerprint density at radius 2 is 2.08 bits per heavy atom. The molecule has 0 bridgehead atoms. The highest BCUT2D eigenvalue weighted by Gasteiger charge is 2.31. The number of rotatable bonds is 1. The van der Waals surface area contributed by atoms with Crippen LogP contribution in [0.1, 0.15) is 5.56 Å². The fourth-order valence-electron chi connectivity index (χ4n) is 0.648. The highest BCUT2D eigenvalue weighted by atomic mass is 35.5. The molecule has 1 nitrogen and oxygen atoms in total. The van der Waals surface area contributed by atoms with Crippen LogP contribution < -0.4 is 0 Å². The zero-order valence-corrected chi connectivity index (χ0v) is 8.44. The smallest absolute Gasteiger partial charge is 0.247 e. The Balaban J connectivity index is 3.10. The predicted molar refractivity (Wildman–Crippen MR) is 49.1 cm³/mol. The second kappa shape index (κ2) is 3.98. The normalized spacial score (nSPS) is 11.8. The first-order chi connectivity index (χ1) is 5.95. The van der Waals surface area contributed by atoms with Crippen molar-refractivity contribution in [1.29, 1.82) is 0 Å². The summed E-state index contributed by atoms with van der Waals surface area (Å²) >= 11 is 9.28. The van der Waals surface area contributed by atoms with Gasteiger partial charge in [0.2, 0.25) is 0 Å². The van der Waals surface area contributed by atoms with Crippen LogP contribution in [0.15, 0.2) is 17.3 Å². The van der Waals surface area contributed by atoms with Crippen LogP contribution >= 0.6 is 34.1 Å². The number of alkyl halides is 3. The maximum atomic E-state index is 12.1. The van der Waals surface area contributed by atoms with Gasteiger partial charge in [0.15, 0.2) is 0 Å². The van der Waals surface area contributed by atoms with E-state index in [1.807, 2.05) is 0 Å². The molecule has 13 heavy (non-hydrogen) atoms. The van der Waals surface area contributed by atoms with Crippen molar-refractivity contribution in [2.75, 3.05) is 0 Å². The first-order valence-corrected chi connectivity index (χ1v) is 5.24.